The van der Waals surface area contributed by atoms with Crippen molar-refractivity contribution in [2.45, 2.75) is 45.1 Å². The summed E-state index contributed by atoms with van der Waals surface area (Å²) in [5, 5.41) is 3.62. The van der Waals surface area contributed by atoms with Crippen LogP contribution in [0.25, 0.3) is 0 Å². The summed E-state index contributed by atoms with van der Waals surface area (Å²) in [4.78, 5) is 7.28. The lowest BCUT2D eigenvalue weighted by atomic mass is 10.1. The van der Waals surface area contributed by atoms with Gasteiger partial charge in [0.25, 0.3) is 0 Å². The molecule has 0 unspecified atom stereocenters. The highest BCUT2D eigenvalue weighted by molar-refractivity contribution is 5.41. The predicted molar refractivity (Wildman–Crippen MR) is 75.0 cm³/mol. The van der Waals surface area contributed by atoms with Crippen LogP contribution in [0.3, 0.4) is 0 Å². The Morgan fingerprint density at radius 3 is 2.89 bits per heavy atom. The number of hydrogen-bond acceptors (Lipinski definition) is 3. The minimum Gasteiger partial charge on any atom is -0.367 e. The average molecular weight is 245 g/mol. The molecule has 0 aromatic carbocycles. The maximum atomic E-state index is 4.76. The topological polar surface area (TPSA) is 28.2 Å². The Morgan fingerprint density at radius 1 is 1.28 bits per heavy atom. The predicted octanol–water partition coefficient (Wildman–Crippen LogP) is 2.47. The number of aryl methyl sites for hydroxylation is 2. The highest BCUT2D eigenvalue weighted by Crippen LogP contribution is 2.23. The Hall–Kier alpha value is -1.09. The molecule has 1 aromatic rings. The zero-order chi connectivity index (χ0) is 12.4. The fourth-order valence-corrected chi connectivity index (χ4v) is 3.10. The van der Waals surface area contributed by atoms with Gasteiger partial charge in [-0.15, -0.1) is 0 Å². The molecule has 1 aliphatic heterocycles. The van der Waals surface area contributed by atoms with Gasteiger partial charge < -0.3 is 10.2 Å². The summed E-state index contributed by atoms with van der Waals surface area (Å²) in [5.41, 5.74) is 2.78. The highest BCUT2D eigenvalue weighted by atomic mass is 15.1. The average Bonchev–Trinajstić information content (AvgIpc) is 2.87. The molecule has 1 aromatic heterocycles. The smallest absolute Gasteiger partial charge is 0.126 e. The molecule has 3 heteroatoms. The summed E-state index contributed by atoms with van der Waals surface area (Å²) in [6.07, 6.45) is 6.15. The molecule has 0 atom stereocenters. The highest BCUT2D eigenvalue weighted by Gasteiger charge is 2.19. The number of nitrogens with one attached hydrogen (secondary N) is 1. The number of rotatable bonds is 3. The van der Waals surface area contributed by atoms with Gasteiger partial charge in [0.1, 0.15) is 5.82 Å². The van der Waals surface area contributed by atoms with E-state index in [1.165, 1.54) is 63.0 Å². The van der Waals surface area contributed by atoms with Crippen LogP contribution in [0.15, 0.2) is 12.1 Å². The molecular weight excluding hydrogens is 222 g/mol. The summed E-state index contributed by atoms with van der Waals surface area (Å²) in [5.74, 6) is 1.09. The van der Waals surface area contributed by atoms with Crippen LogP contribution in [0.2, 0.25) is 0 Å². The minimum atomic E-state index is 0.611. The molecule has 1 aliphatic carbocycles. The third kappa shape index (κ3) is 2.51. The van der Waals surface area contributed by atoms with Gasteiger partial charge in [-0.3, -0.25) is 0 Å². The van der Waals surface area contributed by atoms with E-state index in [0.717, 1.165) is 5.82 Å². The fourth-order valence-electron chi connectivity index (χ4n) is 3.10. The third-order valence-corrected chi connectivity index (χ3v) is 4.31. The molecule has 1 N–H and O–H groups in total. The first kappa shape index (κ1) is 12.0. The molecule has 18 heavy (non-hydrogen) atoms. The molecule has 0 spiro atoms. The number of piperidine rings is 1. The molecule has 2 heterocycles. The molecule has 2 aliphatic rings. The first-order valence-corrected chi connectivity index (χ1v) is 7.33. The van der Waals surface area contributed by atoms with Gasteiger partial charge in [-0.25, -0.2) is 4.98 Å². The number of anilines is 1. The maximum absolute atomic E-state index is 4.76. The molecule has 3 nitrogen and oxygen atoms in total. The SMILES string of the molecule is CCN1CCC(Nc2ccc3c(n2)CCC3)CC1. The lowest BCUT2D eigenvalue weighted by Gasteiger charge is -2.31. The first-order chi connectivity index (χ1) is 8.85. The second kappa shape index (κ2) is 5.27. The van der Waals surface area contributed by atoms with E-state index in [1.807, 2.05) is 0 Å². The fraction of sp³-hybridized carbons (Fsp3) is 0.667. The van der Waals surface area contributed by atoms with E-state index in [4.69, 9.17) is 4.98 Å². The minimum absolute atomic E-state index is 0.611. The van der Waals surface area contributed by atoms with Crippen molar-refractivity contribution in [3.63, 3.8) is 0 Å². The molecular formula is C15H23N3. The number of hydrogen-bond donors (Lipinski definition) is 1. The van der Waals surface area contributed by atoms with E-state index in [-0.39, 0.29) is 0 Å². The van der Waals surface area contributed by atoms with E-state index in [0.29, 0.717) is 6.04 Å². The van der Waals surface area contributed by atoms with Crippen molar-refractivity contribution in [1.29, 1.82) is 0 Å². The van der Waals surface area contributed by atoms with Gasteiger partial charge in [0.05, 0.1) is 0 Å². The van der Waals surface area contributed by atoms with Gasteiger partial charge in [0, 0.05) is 24.8 Å². The van der Waals surface area contributed by atoms with Crippen LogP contribution in [0, 0.1) is 0 Å². The largest absolute Gasteiger partial charge is 0.367 e. The second-order valence-electron chi connectivity index (χ2n) is 5.51. The maximum Gasteiger partial charge on any atom is 0.126 e. The van der Waals surface area contributed by atoms with Crippen LogP contribution in [-0.2, 0) is 12.8 Å². The third-order valence-electron chi connectivity index (χ3n) is 4.31. The molecule has 0 radical (unpaired) electrons. The van der Waals surface area contributed by atoms with E-state index < -0.39 is 0 Å². The monoisotopic (exact) mass is 245 g/mol. The number of likely N-dealkylation sites (tertiary alicyclic amines) is 1. The van der Waals surface area contributed by atoms with Crippen molar-refractivity contribution < 1.29 is 0 Å². The van der Waals surface area contributed by atoms with Crippen molar-refractivity contribution in [3.8, 4) is 0 Å². The molecule has 3 rings (SSSR count). The summed E-state index contributed by atoms with van der Waals surface area (Å²) in [6.45, 7) is 5.87. The summed E-state index contributed by atoms with van der Waals surface area (Å²) >= 11 is 0. The van der Waals surface area contributed by atoms with Gasteiger partial charge in [-0.1, -0.05) is 13.0 Å². The van der Waals surface area contributed by atoms with Gasteiger partial charge in [0.15, 0.2) is 0 Å². The number of aromatic nitrogens is 1. The molecule has 98 valence electrons. The molecule has 0 amide bonds. The van der Waals surface area contributed by atoms with E-state index >= 15 is 0 Å². The summed E-state index contributed by atoms with van der Waals surface area (Å²) in [6, 6.07) is 5.04. The quantitative estimate of drug-likeness (QED) is 0.886. The number of fused-ring (bicyclic) bond motifs is 1. The van der Waals surface area contributed by atoms with Crippen LogP contribution >= 0.6 is 0 Å². The van der Waals surface area contributed by atoms with E-state index in [2.05, 4.69) is 29.3 Å². The van der Waals surface area contributed by atoms with Crippen LogP contribution < -0.4 is 5.32 Å². The second-order valence-corrected chi connectivity index (χ2v) is 5.51. The lowest BCUT2D eigenvalue weighted by Crippen LogP contribution is -2.39. The zero-order valence-electron chi connectivity index (χ0n) is 11.3. The zero-order valence-corrected chi connectivity index (χ0v) is 11.3. The van der Waals surface area contributed by atoms with Crippen molar-refractivity contribution >= 4 is 5.82 Å². The summed E-state index contributed by atoms with van der Waals surface area (Å²) < 4.78 is 0. The normalized spacial score (nSPS) is 20.9. The van der Waals surface area contributed by atoms with Gasteiger partial charge in [0.2, 0.25) is 0 Å². The standard InChI is InChI=1S/C15H23N3/c1-2-18-10-8-13(9-11-18)16-15-7-6-12-4-3-5-14(12)17-15/h6-7,13H,2-5,8-11H2,1H3,(H,16,17). The van der Waals surface area contributed by atoms with Crippen LogP contribution in [0.5, 0.6) is 0 Å². The Balaban J connectivity index is 1.60. The first-order valence-electron chi connectivity index (χ1n) is 7.33. The number of pyridine rings is 1. The van der Waals surface area contributed by atoms with E-state index in [9.17, 15) is 0 Å². The van der Waals surface area contributed by atoms with Gasteiger partial charge >= 0.3 is 0 Å². The van der Waals surface area contributed by atoms with E-state index in [1.54, 1.807) is 0 Å². The Kier molecular flexibility index (Phi) is 3.50. The molecule has 0 bridgehead atoms. The summed E-state index contributed by atoms with van der Waals surface area (Å²) in [7, 11) is 0. The molecule has 0 saturated carbocycles. The van der Waals surface area contributed by atoms with Crippen LogP contribution in [0.4, 0.5) is 5.82 Å². The van der Waals surface area contributed by atoms with Gasteiger partial charge in [-0.2, -0.15) is 0 Å². The van der Waals surface area contributed by atoms with Crippen LogP contribution in [0.1, 0.15) is 37.4 Å². The lowest BCUT2D eigenvalue weighted by molar-refractivity contribution is 0.229. The van der Waals surface area contributed by atoms with Crippen molar-refractivity contribution in [2.24, 2.45) is 0 Å². The Morgan fingerprint density at radius 2 is 2.11 bits per heavy atom. The Labute approximate surface area is 110 Å². The van der Waals surface area contributed by atoms with Gasteiger partial charge in [-0.05, 0) is 50.3 Å². The molecule has 1 saturated heterocycles. The van der Waals surface area contributed by atoms with Crippen molar-refractivity contribution in [1.82, 2.24) is 9.88 Å². The Bertz CT molecular complexity index is 408. The van der Waals surface area contributed by atoms with Crippen molar-refractivity contribution in [3.05, 3.63) is 23.4 Å². The van der Waals surface area contributed by atoms with Crippen LogP contribution in [-0.4, -0.2) is 35.6 Å². The van der Waals surface area contributed by atoms with Crippen molar-refractivity contribution in [2.75, 3.05) is 25.0 Å². The number of nitrogens with zero attached hydrogens (tertiary/aromatic N) is 2. The molecule has 1 fully saturated rings.